The summed E-state index contributed by atoms with van der Waals surface area (Å²) in [5, 5.41) is 0. The van der Waals surface area contributed by atoms with Crippen LogP contribution in [-0.4, -0.2) is 16.5 Å². The molecule has 0 unspecified atom stereocenters. The molecule has 1 aliphatic rings. The standard InChI is InChI=1S/C12H12FN3/c13-10-2-1-9-3-6-16(11(9)7-10)8-12-14-4-5-15-12/h1-2,4-5,7H,3,6,8H2,(H,14,15). The molecule has 0 saturated carbocycles. The summed E-state index contributed by atoms with van der Waals surface area (Å²) in [6.45, 7) is 1.64. The van der Waals surface area contributed by atoms with Crippen molar-refractivity contribution in [2.24, 2.45) is 0 Å². The topological polar surface area (TPSA) is 31.9 Å². The predicted molar refractivity (Wildman–Crippen MR) is 59.7 cm³/mol. The molecular weight excluding hydrogens is 205 g/mol. The van der Waals surface area contributed by atoms with E-state index in [4.69, 9.17) is 0 Å². The van der Waals surface area contributed by atoms with E-state index in [2.05, 4.69) is 14.9 Å². The lowest BCUT2D eigenvalue weighted by atomic mass is 10.2. The van der Waals surface area contributed by atoms with Crippen LogP contribution in [-0.2, 0) is 13.0 Å². The molecule has 0 bridgehead atoms. The molecule has 2 heterocycles. The molecule has 0 amide bonds. The fourth-order valence-corrected chi connectivity index (χ4v) is 2.15. The van der Waals surface area contributed by atoms with Crippen molar-refractivity contribution in [2.75, 3.05) is 11.4 Å². The number of fused-ring (bicyclic) bond motifs is 1. The van der Waals surface area contributed by atoms with Crippen LogP contribution in [0.5, 0.6) is 0 Å². The zero-order valence-electron chi connectivity index (χ0n) is 8.78. The molecule has 16 heavy (non-hydrogen) atoms. The molecule has 0 aliphatic carbocycles. The first-order chi connectivity index (χ1) is 7.83. The average Bonchev–Trinajstić information content (AvgIpc) is 2.90. The maximum atomic E-state index is 13.2. The van der Waals surface area contributed by atoms with E-state index in [9.17, 15) is 4.39 Å². The van der Waals surface area contributed by atoms with Gasteiger partial charge in [-0.3, -0.25) is 0 Å². The third-order valence-electron chi connectivity index (χ3n) is 2.93. The summed E-state index contributed by atoms with van der Waals surface area (Å²) in [6, 6.07) is 4.99. The first-order valence-electron chi connectivity index (χ1n) is 5.34. The minimum Gasteiger partial charge on any atom is -0.363 e. The van der Waals surface area contributed by atoms with E-state index in [-0.39, 0.29) is 5.82 Å². The van der Waals surface area contributed by atoms with Crippen molar-refractivity contribution < 1.29 is 4.39 Å². The summed E-state index contributed by atoms with van der Waals surface area (Å²) >= 11 is 0. The summed E-state index contributed by atoms with van der Waals surface area (Å²) in [7, 11) is 0. The van der Waals surface area contributed by atoms with Crippen LogP contribution in [0.15, 0.2) is 30.6 Å². The van der Waals surface area contributed by atoms with Crippen LogP contribution >= 0.6 is 0 Å². The first-order valence-corrected chi connectivity index (χ1v) is 5.34. The highest BCUT2D eigenvalue weighted by molar-refractivity contribution is 5.58. The Labute approximate surface area is 92.9 Å². The summed E-state index contributed by atoms with van der Waals surface area (Å²) in [6.07, 6.45) is 4.52. The molecule has 4 heteroatoms. The van der Waals surface area contributed by atoms with E-state index in [1.54, 1.807) is 18.5 Å². The molecule has 2 aromatic rings. The Kier molecular flexibility index (Phi) is 2.13. The Bertz CT molecular complexity index is 493. The smallest absolute Gasteiger partial charge is 0.125 e. The number of H-pyrrole nitrogens is 1. The molecular formula is C12H12FN3. The Morgan fingerprint density at radius 2 is 2.38 bits per heavy atom. The Balaban J connectivity index is 1.88. The number of imidazole rings is 1. The number of nitrogens with zero attached hydrogens (tertiary/aromatic N) is 2. The second kappa shape index (κ2) is 3.63. The fourth-order valence-electron chi connectivity index (χ4n) is 2.15. The van der Waals surface area contributed by atoms with Crippen LogP contribution in [0.1, 0.15) is 11.4 Å². The van der Waals surface area contributed by atoms with Crippen molar-refractivity contribution in [3.8, 4) is 0 Å². The zero-order chi connectivity index (χ0) is 11.0. The lowest BCUT2D eigenvalue weighted by Gasteiger charge is -2.17. The van der Waals surface area contributed by atoms with Crippen molar-refractivity contribution in [3.63, 3.8) is 0 Å². The van der Waals surface area contributed by atoms with E-state index in [0.717, 1.165) is 24.5 Å². The number of halogens is 1. The number of aromatic amines is 1. The monoisotopic (exact) mass is 217 g/mol. The summed E-state index contributed by atoms with van der Waals surface area (Å²) in [4.78, 5) is 9.40. The van der Waals surface area contributed by atoms with Gasteiger partial charge in [0.1, 0.15) is 11.6 Å². The number of nitrogens with one attached hydrogen (secondary N) is 1. The molecule has 3 rings (SSSR count). The van der Waals surface area contributed by atoms with Crippen LogP contribution in [0.25, 0.3) is 0 Å². The second-order valence-electron chi connectivity index (χ2n) is 3.98. The molecule has 1 N–H and O–H groups in total. The number of anilines is 1. The van der Waals surface area contributed by atoms with Gasteiger partial charge in [0.25, 0.3) is 0 Å². The molecule has 0 fully saturated rings. The average molecular weight is 217 g/mol. The second-order valence-corrected chi connectivity index (χ2v) is 3.98. The molecule has 82 valence electrons. The van der Waals surface area contributed by atoms with Crippen molar-refractivity contribution in [3.05, 3.63) is 47.8 Å². The number of hydrogen-bond acceptors (Lipinski definition) is 2. The van der Waals surface area contributed by atoms with Crippen LogP contribution < -0.4 is 4.90 Å². The van der Waals surface area contributed by atoms with Crippen molar-refractivity contribution in [2.45, 2.75) is 13.0 Å². The van der Waals surface area contributed by atoms with E-state index >= 15 is 0 Å². The van der Waals surface area contributed by atoms with Gasteiger partial charge in [-0.2, -0.15) is 0 Å². The Morgan fingerprint density at radius 1 is 1.44 bits per heavy atom. The highest BCUT2D eigenvalue weighted by Gasteiger charge is 2.20. The lowest BCUT2D eigenvalue weighted by Crippen LogP contribution is -2.20. The SMILES string of the molecule is Fc1ccc2c(c1)N(Cc1ncc[nH]1)CC2. The van der Waals surface area contributed by atoms with E-state index < -0.39 is 0 Å². The molecule has 0 spiro atoms. The van der Waals surface area contributed by atoms with Gasteiger partial charge in [-0.05, 0) is 24.1 Å². The van der Waals surface area contributed by atoms with Gasteiger partial charge in [0.05, 0.1) is 6.54 Å². The molecule has 0 radical (unpaired) electrons. The quantitative estimate of drug-likeness (QED) is 0.835. The number of benzene rings is 1. The molecule has 0 saturated heterocycles. The van der Waals surface area contributed by atoms with Crippen LogP contribution in [0, 0.1) is 5.82 Å². The lowest BCUT2D eigenvalue weighted by molar-refractivity contribution is 0.627. The van der Waals surface area contributed by atoms with Crippen LogP contribution in [0.2, 0.25) is 0 Å². The van der Waals surface area contributed by atoms with Crippen molar-refractivity contribution in [1.29, 1.82) is 0 Å². The van der Waals surface area contributed by atoms with Gasteiger partial charge in [0, 0.05) is 24.6 Å². The Morgan fingerprint density at radius 3 is 3.19 bits per heavy atom. The fraction of sp³-hybridized carbons (Fsp3) is 0.250. The number of rotatable bonds is 2. The zero-order valence-corrected chi connectivity index (χ0v) is 8.78. The maximum absolute atomic E-state index is 13.2. The van der Waals surface area contributed by atoms with Crippen LogP contribution in [0.4, 0.5) is 10.1 Å². The van der Waals surface area contributed by atoms with Gasteiger partial charge in [0.2, 0.25) is 0 Å². The molecule has 3 nitrogen and oxygen atoms in total. The van der Waals surface area contributed by atoms with Crippen molar-refractivity contribution >= 4 is 5.69 Å². The maximum Gasteiger partial charge on any atom is 0.125 e. The third-order valence-corrected chi connectivity index (χ3v) is 2.93. The molecule has 0 atom stereocenters. The largest absolute Gasteiger partial charge is 0.363 e. The van der Waals surface area contributed by atoms with Gasteiger partial charge in [-0.25, -0.2) is 9.37 Å². The number of hydrogen-bond donors (Lipinski definition) is 1. The highest BCUT2D eigenvalue weighted by Crippen LogP contribution is 2.29. The predicted octanol–water partition coefficient (Wildman–Crippen LogP) is 2.11. The van der Waals surface area contributed by atoms with E-state index in [1.807, 2.05) is 6.07 Å². The number of aromatic nitrogens is 2. The van der Waals surface area contributed by atoms with Crippen molar-refractivity contribution in [1.82, 2.24) is 9.97 Å². The minimum absolute atomic E-state index is 0.176. The molecule has 1 aliphatic heterocycles. The first kappa shape index (κ1) is 9.39. The van der Waals surface area contributed by atoms with E-state index in [0.29, 0.717) is 6.54 Å². The van der Waals surface area contributed by atoms with Gasteiger partial charge in [-0.15, -0.1) is 0 Å². The summed E-state index contributed by atoms with van der Waals surface area (Å²) in [5.41, 5.74) is 2.21. The normalized spacial score (nSPS) is 14.2. The third kappa shape index (κ3) is 1.56. The molecule has 1 aromatic heterocycles. The highest BCUT2D eigenvalue weighted by atomic mass is 19.1. The van der Waals surface area contributed by atoms with Crippen LogP contribution in [0.3, 0.4) is 0 Å². The summed E-state index contributed by atoms with van der Waals surface area (Å²) in [5.74, 6) is 0.738. The summed E-state index contributed by atoms with van der Waals surface area (Å²) < 4.78 is 13.2. The van der Waals surface area contributed by atoms with Gasteiger partial charge >= 0.3 is 0 Å². The van der Waals surface area contributed by atoms with E-state index in [1.165, 1.54) is 11.6 Å². The van der Waals surface area contributed by atoms with Gasteiger partial charge in [-0.1, -0.05) is 6.07 Å². The van der Waals surface area contributed by atoms with Gasteiger partial charge in [0.15, 0.2) is 0 Å². The molecule has 1 aromatic carbocycles. The minimum atomic E-state index is -0.176. The Hall–Kier alpha value is -1.84. The van der Waals surface area contributed by atoms with Gasteiger partial charge < -0.3 is 9.88 Å².